The average molecular weight is 232 g/mol. The van der Waals surface area contributed by atoms with Gasteiger partial charge in [-0.25, -0.2) is 0 Å². The van der Waals surface area contributed by atoms with E-state index in [1.54, 1.807) is 11.8 Å². The lowest BCUT2D eigenvalue weighted by Gasteiger charge is -2.20. The molecule has 0 heterocycles. The fourth-order valence-corrected chi connectivity index (χ4v) is 2.90. The second-order valence-electron chi connectivity index (χ2n) is 4.53. The highest BCUT2D eigenvalue weighted by Gasteiger charge is 2.42. The summed E-state index contributed by atoms with van der Waals surface area (Å²) >= 11 is 1.69. The minimum absolute atomic E-state index is 0.412. The Balaban J connectivity index is 1.99. The lowest BCUT2D eigenvalue weighted by atomic mass is 10.00. The van der Waals surface area contributed by atoms with Crippen molar-refractivity contribution in [1.82, 2.24) is 0 Å². The van der Waals surface area contributed by atoms with E-state index in [0.29, 0.717) is 11.7 Å². The summed E-state index contributed by atoms with van der Waals surface area (Å²) in [5.74, 6) is 1.10. The van der Waals surface area contributed by atoms with E-state index in [-0.39, 0.29) is 0 Å². The minimum atomic E-state index is -0.631. The molecule has 0 bridgehead atoms. The first kappa shape index (κ1) is 11.5. The van der Waals surface area contributed by atoms with E-state index in [9.17, 15) is 0 Å². The Morgan fingerprint density at radius 2 is 2.31 bits per heavy atom. The first-order valence-corrected chi connectivity index (χ1v) is 6.52. The maximum Gasteiger partial charge on any atom is 0.116 e. The molecule has 1 atom stereocenters. The number of nitriles is 1. The molecule has 1 aromatic carbocycles. The number of nitrogens with two attached hydrogens (primary N) is 1. The van der Waals surface area contributed by atoms with E-state index < -0.39 is 5.54 Å². The topological polar surface area (TPSA) is 49.8 Å². The molecule has 1 aromatic rings. The molecule has 1 unspecified atom stereocenters. The fourth-order valence-electron chi connectivity index (χ4n) is 1.75. The quantitative estimate of drug-likeness (QED) is 0.812. The van der Waals surface area contributed by atoms with Crippen molar-refractivity contribution < 1.29 is 0 Å². The van der Waals surface area contributed by atoms with E-state index in [4.69, 9.17) is 11.0 Å². The second kappa shape index (κ2) is 4.48. The van der Waals surface area contributed by atoms with Crippen LogP contribution in [0.3, 0.4) is 0 Å². The highest BCUT2D eigenvalue weighted by molar-refractivity contribution is 7.99. The van der Waals surface area contributed by atoms with Gasteiger partial charge in [-0.2, -0.15) is 5.26 Å². The minimum Gasteiger partial charge on any atom is -0.312 e. The Morgan fingerprint density at radius 1 is 1.56 bits per heavy atom. The van der Waals surface area contributed by atoms with Crippen molar-refractivity contribution >= 4 is 11.8 Å². The third kappa shape index (κ3) is 2.58. The lowest BCUT2D eigenvalue weighted by molar-refractivity contribution is 0.532. The number of rotatable bonds is 4. The standard InChI is InChI=1S/C13H16N2S/c1-10-3-2-4-12(7-10)16-9-13(15,8-14)11-5-6-11/h2-4,7,11H,5-6,9,15H2,1H3. The Morgan fingerprint density at radius 3 is 2.88 bits per heavy atom. The van der Waals surface area contributed by atoms with Crippen molar-refractivity contribution in [3.05, 3.63) is 29.8 Å². The van der Waals surface area contributed by atoms with Gasteiger partial charge in [-0.05, 0) is 37.8 Å². The summed E-state index contributed by atoms with van der Waals surface area (Å²) < 4.78 is 0. The Labute approximate surface area is 101 Å². The first-order valence-electron chi connectivity index (χ1n) is 5.54. The zero-order chi connectivity index (χ0) is 11.6. The molecule has 16 heavy (non-hydrogen) atoms. The molecule has 3 heteroatoms. The van der Waals surface area contributed by atoms with Crippen molar-refractivity contribution in [2.75, 3.05) is 5.75 Å². The van der Waals surface area contributed by atoms with Gasteiger partial charge in [0.05, 0.1) is 6.07 Å². The molecule has 1 saturated carbocycles. The summed E-state index contributed by atoms with van der Waals surface area (Å²) in [6, 6.07) is 10.6. The zero-order valence-electron chi connectivity index (χ0n) is 9.44. The number of nitrogens with zero attached hydrogens (tertiary/aromatic N) is 1. The van der Waals surface area contributed by atoms with Crippen LogP contribution in [0.2, 0.25) is 0 Å². The number of thioether (sulfide) groups is 1. The first-order chi connectivity index (χ1) is 7.64. The van der Waals surface area contributed by atoms with Crippen molar-refractivity contribution in [1.29, 1.82) is 5.26 Å². The fraction of sp³-hybridized carbons (Fsp3) is 0.462. The Kier molecular flexibility index (Phi) is 3.22. The smallest absolute Gasteiger partial charge is 0.116 e. The van der Waals surface area contributed by atoms with Crippen LogP contribution in [-0.2, 0) is 0 Å². The van der Waals surface area contributed by atoms with Crippen LogP contribution in [0.1, 0.15) is 18.4 Å². The molecular weight excluding hydrogens is 216 g/mol. The Hall–Kier alpha value is -0.980. The molecule has 0 aromatic heterocycles. The highest BCUT2D eigenvalue weighted by atomic mass is 32.2. The van der Waals surface area contributed by atoms with Gasteiger partial charge in [-0.1, -0.05) is 17.7 Å². The van der Waals surface area contributed by atoms with Gasteiger partial charge in [-0.15, -0.1) is 11.8 Å². The van der Waals surface area contributed by atoms with Gasteiger partial charge in [-0.3, -0.25) is 0 Å². The van der Waals surface area contributed by atoms with Crippen LogP contribution < -0.4 is 5.73 Å². The van der Waals surface area contributed by atoms with Gasteiger partial charge in [0.25, 0.3) is 0 Å². The van der Waals surface area contributed by atoms with Crippen molar-refractivity contribution in [2.24, 2.45) is 11.7 Å². The molecule has 0 amide bonds. The predicted octanol–water partition coefficient (Wildman–Crippen LogP) is 2.72. The molecule has 2 N–H and O–H groups in total. The molecule has 84 valence electrons. The largest absolute Gasteiger partial charge is 0.312 e. The van der Waals surface area contributed by atoms with Gasteiger partial charge in [0.15, 0.2) is 0 Å². The highest BCUT2D eigenvalue weighted by Crippen LogP contribution is 2.40. The monoisotopic (exact) mass is 232 g/mol. The van der Waals surface area contributed by atoms with E-state index >= 15 is 0 Å². The van der Waals surface area contributed by atoms with E-state index in [1.165, 1.54) is 10.5 Å². The molecule has 0 radical (unpaired) electrons. The maximum absolute atomic E-state index is 9.14. The van der Waals surface area contributed by atoms with Gasteiger partial charge >= 0.3 is 0 Å². The van der Waals surface area contributed by atoms with Crippen molar-refractivity contribution in [3.63, 3.8) is 0 Å². The van der Waals surface area contributed by atoms with Crippen LogP contribution in [0.5, 0.6) is 0 Å². The summed E-state index contributed by atoms with van der Waals surface area (Å²) in [5.41, 5.74) is 6.72. The molecule has 1 fully saturated rings. The van der Waals surface area contributed by atoms with Crippen LogP contribution in [-0.4, -0.2) is 11.3 Å². The molecule has 0 saturated heterocycles. The van der Waals surface area contributed by atoms with E-state index in [0.717, 1.165) is 12.8 Å². The van der Waals surface area contributed by atoms with Crippen molar-refractivity contribution in [3.8, 4) is 6.07 Å². The predicted molar refractivity (Wildman–Crippen MR) is 67.2 cm³/mol. The molecule has 2 rings (SSSR count). The summed E-state index contributed by atoms with van der Waals surface area (Å²) in [7, 11) is 0. The summed E-state index contributed by atoms with van der Waals surface area (Å²) in [4.78, 5) is 1.20. The molecule has 1 aliphatic rings. The maximum atomic E-state index is 9.14. The van der Waals surface area contributed by atoms with Gasteiger partial charge in [0.2, 0.25) is 0 Å². The normalized spacial score (nSPS) is 18.8. The number of aryl methyl sites for hydroxylation is 1. The van der Waals surface area contributed by atoms with E-state index in [1.807, 2.05) is 6.07 Å². The summed E-state index contributed by atoms with van der Waals surface area (Å²) in [6.45, 7) is 2.07. The van der Waals surface area contributed by atoms with Crippen LogP contribution >= 0.6 is 11.8 Å². The van der Waals surface area contributed by atoms with Crippen LogP contribution in [0.4, 0.5) is 0 Å². The molecule has 2 nitrogen and oxygen atoms in total. The Bertz CT molecular complexity index is 420. The second-order valence-corrected chi connectivity index (χ2v) is 5.58. The summed E-state index contributed by atoms with van der Waals surface area (Å²) in [6.07, 6.45) is 2.22. The van der Waals surface area contributed by atoms with E-state index in [2.05, 4.69) is 31.2 Å². The average Bonchev–Trinajstić information content (AvgIpc) is 3.10. The van der Waals surface area contributed by atoms with Crippen LogP contribution in [0.25, 0.3) is 0 Å². The number of hydrogen-bond acceptors (Lipinski definition) is 3. The molecule has 0 aliphatic heterocycles. The molecule has 0 spiro atoms. The van der Waals surface area contributed by atoms with Crippen LogP contribution in [0, 0.1) is 24.2 Å². The SMILES string of the molecule is Cc1cccc(SCC(N)(C#N)C2CC2)c1. The number of hydrogen-bond donors (Lipinski definition) is 1. The van der Waals surface area contributed by atoms with Gasteiger partial charge in [0.1, 0.15) is 5.54 Å². The number of benzene rings is 1. The molecule has 1 aliphatic carbocycles. The van der Waals surface area contributed by atoms with Gasteiger partial charge in [0, 0.05) is 10.6 Å². The summed E-state index contributed by atoms with van der Waals surface area (Å²) in [5, 5.41) is 9.14. The third-order valence-corrected chi connectivity index (χ3v) is 4.19. The van der Waals surface area contributed by atoms with Gasteiger partial charge < -0.3 is 5.73 Å². The lowest BCUT2D eigenvalue weighted by Crippen LogP contribution is -2.43. The zero-order valence-corrected chi connectivity index (χ0v) is 10.3. The third-order valence-electron chi connectivity index (χ3n) is 2.98. The van der Waals surface area contributed by atoms with Crippen LogP contribution in [0.15, 0.2) is 29.2 Å². The molecular formula is C13H16N2S. The van der Waals surface area contributed by atoms with Crippen molar-refractivity contribution in [2.45, 2.75) is 30.2 Å².